The third-order valence-electron chi connectivity index (χ3n) is 3.63. The van der Waals surface area contributed by atoms with Crippen LogP contribution < -0.4 is 11.2 Å². The van der Waals surface area contributed by atoms with Crippen molar-refractivity contribution in [3.8, 4) is 0 Å². The van der Waals surface area contributed by atoms with E-state index in [1.807, 2.05) is 6.34 Å². The minimum absolute atomic E-state index is 0.317. The molecule has 0 bridgehead atoms. The number of hydrogen-bond donors (Lipinski definition) is 2. The predicted molar refractivity (Wildman–Crippen MR) is 68.2 cm³/mol. The van der Waals surface area contributed by atoms with Crippen molar-refractivity contribution in [2.45, 2.75) is 25.3 Å². The molecule has 1 saturated heterocycles. The van der Waals surface area contributed by atoms with Crippen LogP contribution in [0.1, 0.15) is 19.3 Å². The lowest BCUT2D eigenvalue weighted by molar-refractivity contribution is 0.321. The molecular formula is C12H21N5. The third kappa shape index (κ3) is 2.79. The van der Waals surface area contributed by atoms with Gasteiger partial charge in [0.1, 0.15) is 12.2 Å². The fourth-order valence-electron chi connectivity index (χ4n) is 2.29. The van der Waals surface area contributed by atoms with Gasteiger partial charge in [-0.3, -0.25) is 5.01 Å². The molecule has 17 heavy (non-hydrogen) atoms. The quantitative estimate of drug-likeness (QED) is 0.726. The van der Waals surface area contributed by atoms with Crippen molar-refractivity contribution in [3.63, 3.8) is 0 Å². The minimum atomic E-state index is 0.317. The number of hydrazine groups is 1. The van der Waals surface area contributed by atoms with Gasteiger partial charge < -0.3 is 10.6 Å². The van der Waals surface area contributed by atoms with E-state index in [1.54, 1.807) is 0 Å². The van der Waals surface area contributed by atoms with Crippen LogP contribution in [0.15, 0.2) is 16.9 Å². The summed E-state index contributed by atoms with van der Waals surface area (Å²) < 4.78 is 0. The first-order chi connectivity index (χ1) is 8.31. The van der Waals surface area contributed by atoms with E-state index in [0.717, 1.165) is 44.3 Å². The molecule has 1 aliphatic carbocycles. The van der Waals surface area contributed by atoms with Crippen molar-refractivity contribution in [1.82, 2.24) is 15.3 Å². The number of nitrogens with zero attached hydrogens (tertiary/aromatic N) is 3. The van der Waals surface area contributed by atoms with Gasteiger partial charge in [0.2, 0.25) is 0 Å². The highest BCUT2D eigenvalue weighted by Crippen LogP contribution is 2.27. The molecule has 5 nitrogen and oxygen atoms in total. The van der Waals surface area contributed by atoms with E-state index < -0.39 is 0 Å². The van der Waals surface area contributed by atoms with Crippen LogP contribution in [0, 0.1) is 5.92 Å². The van der Waals surface area contributed by atoms with Crippen molar-refractivity contribution in [1.29, 1.82) is 0 Å². The van der Waals surface area contributed by atoms with Gasteiger partial charge in [0.05, 0.1) is 6.54 Å². The van der Waals surface area contributed by atoms with Crippen LogP contribution in [0.2, 0.25) is 0 Å². The van der Waals surface area contributed by atoms with Crippen LogP contribution in [0.5, 0.6) is 0 Å². The standard InChI is InChI=1S/C12H21N5/c13-11-3-5-16(8-11)12-4-6-17(9-14-12)15-7-10-1-2-10/h4,9-11,15H,1-3,5-8,13H2/t11-/m0/s1. The molecule has 3 rings (SSSR count). The normalized spacial score (nSPS) is 28.8. The summed E-state index contributed by atoms with van der Waals surface area (Å²) in [4.78, 5) is 6.77. The molecule has 94 valence electrons. The first-order valence-corrected chi connectivity index (χ1v) is 6.56. The number of rotatable bonds is 4. The summed E-state index contributed by atoms with van der Waals surface area (Å²) in [6, 6.07) is 0.317. The molecule has 0 spiro atoms. The summed E-state index contributed by atoms with van der Waals surface area (Å²) in [5, 5.41) is 2.07. The molecule has 3 N–H and O–H groups in total. The van der Waals surface area contributed by atoms with E-state index in [0.29, 0.717) is 6.04 Å². The molecule has 0 radical (unpaired) electrons. The molecule has 0 aromatic rings. The Morgan fingerprint density at radius 3 is 2.88 bits per heavy atom. The average molecular weight is 235 g/mol. The van der Waals surface area contributed by atoms with Gasteiger partial charge in [-0.1, -0.05) is 0 Å². The van der Waals surface area contributed by atoms with Gasteiger partial charge in [-0.15, -0.1) is 0 Å². The van der Waals surface area contributed by atoms with E-state index in [2.05, 4.69) is 26.4 Å². The van der Waals surface area contributed by atoms with Gasteiger partial charge in [-0.05, 0) is 31.3 Å². The van der Waals surface area contributed by atoms with Crippen molar-refractivity contribution in [2.24, 2.45) is 16.6 Å². The molecule has 3 aliphatic rings. The summed E-state index contributed by atoms with van der Waals surface area (Å²) in [7, 11) is 0. The molecule has 5 heteroatoms. The predicted octanol–water partition coefficient (Wildman–Crippen LogP) is 0.119. The van der Waals surface area contributed by atoms with Crippen LogP contribution in [-0.4, -0.2) is 48.5 Å². The van der Waals surface area contributed by atoms with Crippen molar-refractivity contribution >= 4 is 6.34 Å². The molecule has 2 fully saturated rings. The second kappa shape index (κ2) is 4.66. The molecular weight excluding hydrogens is 214 g/mol. The monoisotopic (exact) mass is 235 g/mol. The molecule has 1 saturated carbocycles. The Hall–Kier alpha value is -1.07. The van der Waals surface area contributed by atoms with Gasteiger partial charge in [0, 0.05) is 25.7 Å². The second-order valence-electron chi connectivity index (χ2n) is 5.26. The summed E-state index contributed by atoms with van der Waals surface area (Å²) in [5.41, 5.74) is 9.30. The SMILES string of the molecule is N[C@H]1CCN(C2=CCN(NCC3CC3)C=N2)C1. The molecule has 2 aliphatic heterocycles. The fourth-order valence-corrected chi connectivity index (χ4v) is 2.29. The first-order valence-electron chi connectivity index (χ1n) is 6.56. The third-order valence-corrected chi connectivity index (χ3v) is 3.63. The summed E-state index contributed by atoms with van der Waals surface area (Å²) >= 11 is 0. The summed E-state index contributed by atoms with van der Waals surface area (Å²) in [6.07, 6.45) is 7.92. The summed E-state index contributed by atoms with van der Waals surface area (Å²) in [6.45, 7) is 3.97. The number of nitrogens with two attached hydrogens (primary N) is 1. The zero-order valence-corrected chi connectivity index (χ0v) is 10.2. The van der Waals surface area contributed by atoms with Gasteiger partial charge >= 0.3 is 0 Å². The lowest BCUT2D eigenvalue weighted by atomic mass is 10.3. The number of hydrogen-bond acceptors (Lipinski definition) is 5. The van der Waals surface area contributed by atoms with Crippen molar-refractivity contribution in [3.05, 3.63) is 11.9 Å². The van der Waals surface area contributed by atoms with Gasteiger partial charge in [-0.2, -0.15) is 0 Å². The van der Waals surface area contributed by atoms with E-state index in [9.17, 15) is 0 Å². The highest BCUT2D eigenvalue weighted by atomic mass is 15.5. The fraction of sp³-hybridized carbons (Fsp3) is 0.750. The van der Waals surface area contributed by atoms with Crippen LogP contribution in [0.4, 0.5) is 0 Å². The maximum absolute atomic E-state index is 5.90. The highest BCUT2D eigenvalue weighted by Gasteiger charge is 2.23. The van der Waals surface area contributed by atoms with E-state index >= 15 is 0 Å². The van der Waals surface area contributed by atoms with Gasteiger partial charge in [0.15, 0.2) is 0 Å². The highest BCUT2D eigenvalue weighted by molar-refractivity contribution is 5.58. The maximum Gasteiger partial charge on any atom is 0.128 e. The molecule has 0 aromatic heterocycles. The number of nitrogens with one attached hydrogen (secondary N) is 1. The van der Waals surface area contributed by atoms with Crippen LogP contribution in [0.25, 0.3) is 0 Å². The Labute approximate surface area is 102 Å². The topological polar surface area (TPSA) is 56.9 Å². The average Bonchev–Trinajstić information content (AvgIpc) is 3.09. The van der Waals surface area contributed by atoms with Crippen LogP contribution in [0.3, 0.4) is 0 Å². The van der Waals surface area contributed by atoms with Crippen LogP contribution >= 0.6 is 0 Å². The first kappa shape index (κ1) is 11.0. The van der Waals surface area contributed by atoms with Gasteiger partial charge in [0.25, 0.3) is 0 Å². The lowest BCUT2D eigenvalue weighted by Crippen LogP contribution is -2.40. The van der Waals surface area contributed by atoms with E-state index in [4.69, 9.17) is 5.73 Å². The molecule has 0 unspecified atom stereocenters. The number of likely N-dealkylation sites (tertiary alicyclic amines) is 1. The Morgan fingerprint density at radius 1 is 1.41 bits per heavy atom. The lowest BCUT2D eigenvalue weighted by Gasteiger charge is -2.26. The zero-order chi connectivity index (χ0) is 11.7. The Morgan fingerprint density at radius 2 is 2.29 bits per heavy atom. The molecule has 0 amide bonds. The Kier molecular flexibility index (Phi) is 3.03. The van der Waals surface area contributed by atoms with Crippen molar-refractivity contribution < 1.29 is 0 Å². The number of aliphatic imine (C=N–C) groups is 1. The van der Waals surface area contributed by atoms with Gasteiger partial charge in [-0.25, -0.2) is 10.4 Å². The second-order valence-corrected chi connectivity index (χ2v) is 5.26. The summed E-state index contributed by atoms with van der Waals surface area (Å²) in [5.74, 6) is 1.98. The molecule has 1 atom stereocenters. The minimum Gasteiger partial charge on any atom is -0.355 e. The molecule has 2 heterocycles. The largest absolute Gasteiger partial charge is 0.355 e. The zero-order valence-electron chi connectivity index (χ0n) is 10.2. The van der Waals surface area contributed by atoms with E-state index in [1.165, 1.54) is 12.8 Å². The maximum atomic E-state index is 5.90. The Balaban J connectivity index is 1.47. The Bertz CT molecular complexity index is 334. The van der Waals surface area contributed by atoms with Crippen LogP contribution in [-0.2, 0) is 0 Å². The smallest absolute Gasteiger partial charge is 0.128 e. The van der Waals surface area contributed by atoms with Crippen molar-refractivity contribution in [2.75, 3.05) is 26.2 Å². The molecule has 0 aromatic carbocycles. The van der Waals surface area contributed by atoms with E-state index in [-0.39, 0.29) is 0 Å².